The minimum Gasteiger partial charge on any atom is -0.353 e. The summed E-state index contributed by atoms with van der Waals surface area (Å²) in [5.41, 5.74) is 0. The summed E-state index contributed by atoms with van der Waals surface area (Å²) in [6.07, 6.45) is 3.84. The number of likely N-dealkylation sites (tertiary alicyclic amines) is 1. The van der Waals surface area contributed by atoms with Crippen LogP contribution < -0.4 is 5.32 Å². The highest BCUT2D eigenvalue weighted by Gasteiger charge is 2.31. The van der Waals surface area contributed by atoms with E-state index in [-0.39, 0.29) is 17.9 Å². The van der Waals surface area contributed by atoms with Crippen LogP contribution in [0.25, 0.3) is 0 Å². The average molecular weight is 239 g/mol. The molecule has 1 aliphatic carbocycles. The lowest BCUT2D eigenvalue weighted by atomic mass is 9.96. The van der Waals surface area contributed by atoms with Gasteiger partial charge in [0.2, 0.25) is 5.91 Å². The maximum Gasteiger partial charge on any atom is 0.319 e. The molecular weight excluding hydrogens is 218 g/mol. The third kappa shape index (κ3) is 3.11. The second kappa shape index (κ2) is 4.94. The molecule has 17 heavy (non-hydrogen) atoms. The highest BCUT2D eigenvalue weighted by atomic mass is 16.2. The standard InChI is InChI=1S/C12H21N3O2/c1-14(2)12(17)15-7-5-9(6-8-15)11(16)13-10-3-4-10/h9-10H,3-8H2,1-2H3,(H,13,16). The van der Waals surface area contributed by atoms with E-state index in [1.54, 1.807) is 19.0 Å². The van der Waals surface area contributed by atoms with Gasteiger partial charge in [0.25, 0.3) is 0 Å². The van der Waals surface area contributed by atoms with Crippen molar-refractivity contribution in [2.75, 3.05) is 27.2 Å². The highest BCUT2D eigenvalue weighted by molar-refractivity contribution is 5.80. The van der Waals surface area contributed by atoms with Gasteiger partial charge in [0.1, 0.15) is 0 Å². The third-order valence-corrected chi connectivity index (χ3v) is 3.44. The number of amides is 3. The van der Waals surface area contributed by atoms with Crippen LogP contribution in [-0.2, 0) is 4.79 Å². The smallest absolute Gasteiger partial charge is 0.319 e. The van der Waals surface area contributed by atoms with Crippen LogP contribution in [0.2, 0.25) is 0 Å². The Morgan fingerprint density at radius 1 is 1.12 bits per heavy atom. The first-order valence-corrected chi connectivity index (χ1v) is 6.34. The molecule has 96 valence electrons. The van der Waals surface area contributed by atoms with E-state index in [9.17, 15) is 9.59 Å². The molecule has 1 N–H and O–H groups in total. The van der Waals surface area contributed by atoms with Crippen molar-refractivity contribution in [1.82, 2.24) is 15.1 Å². The van der Waals surface area contributed by atoms with Gasteiger partial charge < -0.3 is 15.1 Å². The van der Waals surface area contributed by atoms with Crippen molar-refractivity contribution in [3.8, 4) is 0 Å². The predicted molar refractivity (Wildman–Crippen MR) is 64.5 cm³/mol. The van der Waals surface area contributed by atoms with Crippen molar-refractivity contribution in [2.24, 2.45) is 5.92 Å². The first-order valence-electron chi connectivity index (χ1n) is 6.34. The molecule has 0 aromatic rings. The topological polar surface area (TPSA) is 52.7 Å². The molecule has 5 heteroatoms. The molecule has 5 nitrogen and oxygen atoms in total. The Kier molecular flexibility index (Phi) is 3.54. The maximum atomic E-state index is 11.8. The summed E-state index contributed by atoms with van der Waals surface area (Å²) in [5, 5.41) is 3.04. The molecule has 0 spiro atoms. The molecular formula is C12H21N3O2. The van der Waals surface area contributed by atoms with Gasteiger partial charge in [-0.05, 0) is 25.7 Å². The molecule has 0 unspecified atom stereocenters. The van der Waals surface area contributed by atoms with Crippen LogP contribution in [0.4, 0.5) is 4.79 Å². The van der Waals surface area contributed by atoms with Crippen LogP contribution in [0, 0.1) is 5.92 Å². The molecule has 2 rings (SSSR count). The Hall–Kier alpha value is -1.26. The van der Waals surface area contributed by atoms with Crippen molar-refractivity contribution >= 4 is 11.9 Å². The average Bonchev–Trinajstić information content (AvgIpc) is 3.12. The first kappa shape index (κ1) is 12.2. The normalized spacial score (nSPS) is 21.2. The van der Waals surface area contributed by atoms with Gasteiger partial charge in [0, 0.05) is 39.1 Å². The molecule has 0 atom stereocenters. The van der Waals surface area contributed by atoms with Gasteiger partial charge in [-0.2, -0.15) is 0 Å². The Labute approximate surface area is 102 Å². The fourth-order valence-corrected chi connectivity index (χ4v) is 2.16. The largest absolute Gasteiger partial charge is 0.353 e. The second-order valence-electron chi connectivity index (χ2n) is 5.22. The molecule has 2 aliphatic rings. The fraction of sp³-hybridized carbons (Fsp3) is 0.833. The lowest BCUT2D eigenvalue weighted by Gasteiger charge is -2.33. The number of nitrogens with one attached hydrogen (secondary N) is 1. The number of carbonyl (C=O) groups excluding carboxylic acids is 2. The molecule has 1 saturated heterocycles. The first-order chi connectivity index (χ1) is 8.08. The van der Waals surface area contributed by atoms with Crippen LogP contribution in [0.15, 0.2) is 0 Å². The number of hydrogen-bond donors (Lipinski definition) is 1. The number of hydrogen-bond acceptors (Lipinski definition) is 2. The van der Waals surface area contributed by atoms with E-state index in [4.69, 9.17) is 0 Å². The quantitative estimate of drug-likeness (QED) is 0.769. The Morgan fingerprint density at radius 3 is 2.18 bits per heavy atom. The molecule has 0 bridgehead atoms. The molecule has 1 saturated carbocycles. The minimum absolute atomic E-state index is 0.0473. The Bertz CT molecular complexity index is 305. The van der Waals surface area contributed by atoms with E-state index >= 15 is 0 Å². The third-order valence-electron chi connectivity index (χ3n) is 3.44. The number of rotatable bonds is 2. The Balaban J connectivity index is 1.76. The van der Waals surface area contributed by atoms with Gasteiger partial charge in [-0.15, -0.1) is 0 Å². The summed E-state index contributed by atoms with van der Waals surface area (Å²) in [6, 6.07) is 0.481. The van der Waals surface area contributed by atoms with Gasteiger partial charge in [-0.25, -0.2) is 4.79 Å². The molecule has 0 aromatic carbocycles. The summed E-state index contributed by atoms with van der Waals surface area (Å²) in [4.78, 5) is 27.0. The van der Waals surface area contributed by atoms with Gasteiger partial charge in [0.05, 0.1) is 0 Å². The van der Waals surface area contributed by atoms with Gasteiger partial charge in [0.15, 0.2) is 0 Å². The lowest BCUT2D eigenvalue weighted by Crippen LogP contribution is -2.46. The zero-order chi connectivity index (χ0) is 12.4. The molecule has 2 fully saturated rings. The van der Waals surface area contributed by atoms with E-state index in [1.165, 1.54) is 0 Å². The van der Waals surface area contributed by atoms with E-state index in [0.717, 1.165) is 25.7 Å². The number of nitrogens with zero attached hydrogens (tertiary/aromatic N) is 2. The summed E-state index contributed by atoms with van der Waals surface area (Å²) in [6.45, 7) is 1.39. The lowest BCUT2D eigenvalue weighted by molar-refractivity contribution is -0.126. The number of urea groups is 1. The monoisotopic (exact) mass is 239 g/mol. The molecule has 1 aliphatic heterocycles. The van der Waals surface area contributed by atoms with Gasteiger partial charge in [-0.1, -0.05) is 0 Å². The van der Waals surface area contributed by atoms with E-state index in [1.807, 2.05) is 4.90 Å². The zero-order valence-corrected chi connectivity index (χ0v) is 10.6. The van der Waals surface area contributed by atoms with Gasteiger partial charge in [-0.3, -0.25) is 4.79 Å². The molecule has 0 aromatic heterocycles. The van der Waals surface area contributed by atoms with Crippen molar-refractivity contribution in [2.45, 2.75) is 31.7 Å². The summed E-state index contributed by atoms with van der Waals surface area (Å²) in [5.74, 6) is 0.284. The molecule has 3 amide bonds. The zero-order valence-electron chi connectivity index (χ0n) is 10.6. The molecule has 1 heterocycles. The van der Waals surface area contributed by atoms with Crippen LogP contribution in [0.5, 0.6) is 0 Å². The summed E-state index contributed by atoms with van der Waals surface area (Å²) in [7, 11) is 3.52. The minimum atomic E-state index is 0.0473. The SMILES string of the molecule is CN(C)C(=O)N1CCC(C(=O)NC2CC2)CC1. The van der Waals surface area contributed by atoms with E-state index < -0.39 is 0 Å². The van der Waals surface area contributed by atoms with Crippen LogP contribution in [-0.4, -0.2) is 55.0 Å². The number of piperidine rings is 1. The van der Waals surface area contributed by atoms with Crippen molar-refractivity contribution < 1.29 is 9.59 Å². The predicted octanol–water partition coefficient (Wildman–Crippen LogP) is 0.659. The van der Waals surface area contributed by atoms with Crippen molar-refractivity contribution in [3.63, 3.8) is 0 Å². The van der Waals surface area contributed by atoms with E-state index in [0.29, 0.717) is 19.1 Å². The highest BCUT2D eigenvalue weighted by Crippen LogP contribution is 2.22. The van der Waals surface area contributed by atoms with Gasteiger partial charge >= 0.3 is 6.03 Å². The fourth-order valence-electron chi connectivity index (χ4n) is 2.16. The van der Waals surface area contributed by atoms with Crippen molar-refractivity contribution in [1.29, 1.82) is 0 Å². The molecule has 0 radical (unpaired) electrons. The maximum absolute atomic E-state index is 11.8. The number of carbonyl (C=O) groups is 2. The second-order valence-corrected chi connectivity index (χ2v) is 5.22. The van der Waals surface area contributed by atoms with Crippen molar-refractivity contribution in [3.05, 3.63) is 0 Å². The van der Waals surface area contributed by atoms with Crippen LogP contribution >= 0.6 is 0 Å². The summed E-state index contributed by atoms with van der Waals surface area (Å²) >= 11 is 0. The summed E-state index contributed by atoms with van der Waals surface area (Å²) < 4.78 is 0. The Morgan fingerprint density at radius 2 is 1.71 bits per heavy atom. The van der Waals surface area contributed by atoms with Crippen LogP contribution in [0.3, 0.4) is 0 Å². The van der Waals surface area contributed by atoms with E-state index in [2.05, 4.69) is 5.32 Å². The van der Waals surface area contributed by atoms with Crippen LogP contribution in [0.1, 0.15) is 25.7 Å².